The van der Waals surface area contributed by atoms with Crippen LogP contribution < -0.4 is 5.32 Å². The Kier molecular flexibility index (Phi) is 3.76. The Morgan fingerprint density at radius 3 is 2.33 bits per heavy atom. The quantitative estimate of drug-likeness (QED) is 0.802. The first-order valence-electron chi connectivity index (χ1n) is 7.12. The third kappa shape index (κ3) is 2.71. The minimum absolute atomic E-state index is 0.0713. The van der Waals surface area contributed by atoms with Crippen LogP contribution in [0.2, 0.25) is 0 Å². The molecule has 0 spiro atoms. The number of anilines is 1. The van der Waals surface area contributed by atoms with Crippen LogP contribution in [0.3, 0.4) is 0 Å². The smallest absolute Gasteiger partial charge is 0.363 e. The van der Waals surface area contributed by atoms with Gasteiger partial charge in [0.2, 0.25) is 0 Å². The minimum Gasteiger partial charge on any atom is -0.363 e. The fourth-order valence-electron chi connectivity index (χ4n) is 2.83. The summed E-state index contributed by atoms with van der Waals surface area (Å²) in [6.07, 6.45) is -6.23. The second-order valence-electron chi connectivity index (χ2n) is 5.74. The number of fused-ring (bicyclic) bond motifs is 1. The van der Waals surface area contributed by atoms with Gasteiger partial charge in [-0.15, -0.1) is 0 Å². The number of hydrogen-bond donors (Lipinski definition) is 1. The zero-order valence-corrected chi connectivity index (χ0v) is 12.4. The maximum Gasteiger partial charge on any atom is 0.455 e. The summed E-state index contributed by atoms with van der Waals surface area (Å²) >= 11 is 0. The monoisotopic (exact) mass is 349 g/mol. The van der Waals surface area contributed by atoms with Crippen molar-refractivity contribution in [2.75, 3.05) is 5.32 Å². The summed E-state index contributed by atoms with van der Waals surface area (Å²) in [6.45, 7) is 1.50. The highest BCUT2D eigenvalue weighted by molar-refractivity contribution is 5.43. The van der Waals surface area contributed by atoms with Gasteiger partial charge in [0, 0.05) is 12.5 Å². The first-order chi connectivity index (χ1) is 11.1. The van der Waals surface area contributed by atoms with Crippen LogP contribution in [0.25, 0.3) is 0 Å². The number of alkyl halides is 5. The van der Waals surface area contributed by atoms with Crippen LogP contribution in [-0.2, 0) is 0 Å². The van der Waals surface area contributed by atoms with E-state index in [-0.39, 0.29) is 5.82 Å². The highest BCUT2D eigenvalue weighted by Crippen LogP contribution is 2.49. The van der Waals surface area contributed by atoms with Crippen molar-refractivity contribution in [3.63, 3.8) is 0 Å². The topological polar surface area (TPSA) is 29.9 Å². The molecular weight excluding hydrogens is 336 g/mol. The predicted molar refractivity (Wildman–Crippen MR) is 74.4 cm³/mol. The molecular formula is C15H13F6N3. The molecule has 0 unspecified atom stereocenters. The van der Waals surface area contributed by atoms with Gasteiger partial charge >= 0.3 is 12.1 Å². The molecule has 0 fully saturated rings. The summed E-state index contributed by atoms with van der Waals surface area (Å²) in [5, 5.41) is 6.65. The van der Waals surface area contributed by atoms with Crippen molar-refractivity contribution in [2.45, 2.75) is 37.5 Å². The second-order valence-corrected chi connectivity index (χ2v) is 5.74. The van der Waals surface area contributed by atoms with Gasteiger partial charge in [-0.25, -0.2) is 9.07 Å². The molecule has 130 valence electrons. The first-order valence-corrected chi connectivity index (χ1v) is 7.12. The molecule has 2 heterocycles. The third-order valence-electron chi connectivity index (χ3n) is 4.00. The number of nitrogens with one attached hydrogen (secondary N) is 1. The van der Waals surface area contributed by atoms with Crippen LogP contribution in [0.1, 0.15) is 29.8 Å². The lowest BCUT2D eigenvalue weighted by atomic mass is 9.93. The van der Waals surface area contributed by atoms with Crippen molar-refractivity contribution < 1.29 is 26.3 Å². The maximum absolute atomic E-state index is 14.0. The summed E-state index contributed by atoms with van der Waals surface area (Å²) in [5.41, 5.74) is 0.740. The molecule has 1 aromatic carbocycles. The summed E-state index contributed by atoms with van der Waals surface area (Å²) in [4.78, 5) is 0. The fourth-order valence-corrected chi connectivity index (χ4v) is 2.83. The van der Waals surface area contributed by atoms with Crippen molar-refractivity contribution in [3.8, 4) is 0 Å². The van der Waals surface area contributed by atoms with E-state index in [1.807, 2.05) is 0 Å². The summed E-state index contributed by atoms with van der Waals surface area (Å²) in [5.74, 6) is -5.39. The lowest BCUT2D eigenvalue weighted by molar-refractivity contribution is -0.301. The number of rotatable bonds is 2. The van der Waals surface area contributed by atoms with Crippen LogP contribution in [0.4, 0.5) is 32.2 Å². The van der Waals surface area contributed by atoms with Gasteiger partial charge in [0.05, 0.1) is 11.7 Å². The minimum atomic E-state index is -5.69. The zero-order valence-electron chi connectivity index (χ0n) is 12.4. The van der Waals surface area contributed by atoms with Crippen LogP contribution in [0.5, 0.6) is 0 Å². The molecule has 1 aliphatic rings. The average molecular weight is 349 g/mol. The molecule has 0 saturated heterocycles. The van der Waals surface area contributed by atoms with Crippen LogP contribution in [0, 0.1) is 12.7 Å². The Hall–Kier alpha value is -2.19. The van der Waals surface area contributed by atoms with Gasteiger partial charge in [0.1, 0.15) is 17.7 Å². The number of aromatic nitrogens is 2. The largest absolute Gasteiger partial charge is 0.455 e. The fraction of sp³-hybridized carbons (Fsp3) is 0.400. The van der Waals surface area contributed by atoms with Crippen molar-refractivity contribution >= 4 is 5.82 Å². The van der Waals surface area contributed by atoms with E-state index in [0.717, 1.165) is 12.1 Å². The highest BCUT2D eigenvalue weighted by atomic mass is 19.4. The molecule has 0 amide bonds. The summed E-state index contributed by atoms with van der Waals surface area (Å²) in [6, 6.07) is 3.37. The Labute approximate surface area is 133 Å². The molecule has 3 rings (SSSR count). The van der Waals surface area contributed by atoms with Crippen molar-refractivity contribution in [1.29, 1.82) is 0 Å². The number of nitrogens with zero attached hydrogens (tertiary/aromatic N) is 2. The van der Waals surface area contributed by atoms with Gasteiger partial charge in [0.25, 0.3) is 0 Å². The molecule has 1 aromatic heterocycles. The Morgan fingerprint density at radius 1 is 1.12 bits per heavy atom. The number of halogens is 6. The van der Waals surface area contributed by atoms with Crippen LogP contribution in [0.15, 0.2) is 30.3 Å². The van der Waals surface area contributed by atoms with Gasteiger partial charge in [-0.05, 0) is 24.6 Å². The molecule has 1 aliphatic heterocycles. The van der Waals surface area contributed by atoms with Crippen LogP contribution in [-0.4, -0.2) is 21.9 Å². The standard InChI is InChI=1S/C15H13F6N3/c1-8-6-13-22-11(9-2-4-10(16)5-3-9)7-12(24(13)23-8)14(17,18)15(19,20)21/h2-6,11-12,22H,7H2,1H3/t11-,12-/m0/s1. The van der Waals surface area contributed by atoms with Crippen molar-refractivity contribution in [1.82, 2.24) is 9.78 Å². The Balaban J connectivity index is 2.03. The zero-order chi connectivity index (χ0) is 17.7. The van der Waals surface area contributed by atoms with Gasteiger partial charge < -0.3 is 5.32 Å². The van der Waals surface area contributed by atoms with E-state index in [4.69, 9.17) is 0 Å². The van der Waals surface area contributed by atoms with Gasteiger partial charge in [0.15, 0.2) is 0 Å². The van der Waals surface area contributed by atoms with E-state index >= 15 is 0 Å². The van der Waals surface area contributed by atoms with E-state index in [9.17, 15) is 26.3 Å². The van der Waals surface area contributed by atoms with E-state index in [1.54, 1.807) is 0 Å². The normalized spacial score (nSPS) is 21.3. The van der Waals surface area contributed by atoms with Crippen molar-refractivity contribution in [3.05, 3.63) is 47.4 Å². The first kappa shape index (κ1) is 16.7. The number of benzene rings is 1. The molecule has 0 aliphatic carbocycles. The molecule has 0 radical (unpaired) electrons. The second kappa shape index (κ2) is 5.42. The van der Waals surface area contributed by atoms with Gasteiger partial charge in [-0.2, -0.15) is 27.1 Å². The van der Waals surface area contributed by atoms with Crippen molar-refractivity contribution in [2.24, 2.45) is 0 Å². The number of hydrogen-bond acceptors (Lipinski definition) is 2. The van der Waals surface area contributed by atoms with E-state index in [1.165, 1.54) is 25.1 Å². The molecule has 1 N–H and O–H groups in total. The van der Waals surface area contributed by atoms with Crippen LogP contribution >= 0.6 is 0 Å². The van der Waals surface area contributed by atoms with Gasteiger partial charge in [-0.1, -0.05) is 12.1 Å². The Morgan fingerprint density at radius 2 is 1.75 bits per heavy atom. The SMILES string of the molecule is Cc1cc2n(n1)[C@H](C(F)(F)C(F)(F)F)C[C@@H](c1ccc(F)cc1)N2. The molecule has 24 heavy (non-hydrogen) atoms. The molecule has 9 heteroatoms. The Bertz CT molecular complexity index is 735. The summed E-state index contributed by atoms with van der Waals surface area (Å²) < 4.78 is 80.2. The lowest BCUT2D eigenvalue weighted by Crippen LogP contribution is -2.47. The van der Waals surface area contributed by atoms with E-state index < -0.39 is 36.4 Å². The molecule has 3 nitrogen and oxygen atoms in total. The molecule has 2 aromatic rings. The predicted octanol–water partition coefficient (Wildman–Crippen LogP) is 4.63. The average Bonchev–Trinajstić information content (AvgIpc) is 2.85. The molecule has 2 atom stereocenters. The number of aryl methyl sites for hydroxylation is 1. The molecule has 0 saturated carbocycles. The highest BCUT2D eigenvalue weighted by Gasteiger charge is 2.64. The maximum atomic E-state index is 14.0. The molecule has 0 bridgehead atoms. The van der Waals surface area contributed by atoms with E-state index in [0.29, 0.717) is 15.9 Å². The lowest BCUT2D eigenvalue weighted by Gasteiger charge is -2.37. The van der Waals surface area contributed by atoms with E-state index in [2.05, 4.69) is 10.4 Å². The van der Waals surface area contributed by atoms with Gasteiger partial charge in [-0.3, -0.25) is 0 Å². The summed E-state index contributed by atoms with van der Waals surface area (Å²) in [7, 11) is 0. The third-order valence-corrected chi connectivity index (χ3v) is 4.00.